The largest absolute Gasteiger partial charge is 0.389 e. The number of anilines is 1. The van der Waals surface area contributed by atoms with Crippen molar-refractivity contribution in [2.45, 2.75) is 38.5 Å². The highest BCUT2D eigenvalue weighted by Crippen LogP contribution is 2.28. The van der Waals surface area contributed by atoms with Gasteiger partial charge in [-0.2, -0.15) is 0 Å². The second-order valence-electron chi connectivity index (χ2n) is 5.32. The molecule has 0 bridgehead atoms. The zero-order chi connectivity index (χ0) is 14.5. The van der Waals surface area contributed by atoms with E-state index in [0.29, 0.717) is 33.6 Å². The lowest BCUT2D eigenvalue weighted by atomic mass is 9.87. The van der Waals surface area contributed by atoms with Gasteiger partial charge in [-0.25, -0.2) is 0 Å². The molecule has 1 amide bonds. The molecule has 108 valence electrons. The summed E-state index contributed by atoms with van der Waals surface area (Å²) in [4.78, 5) is 12.3. The lowest BCUT2D eigenvalue weighted by molar-refractivity contribution is -0.117. The number of amides is 1. The summed E-state index contributed by atoms with van der Waals surface area (Å²) in [6, 6.07) is 5.19. The third-order valence-corrected chi connectivity index (χ3v) is 4.27. The molecule has 1 aromatic carbocycles. The fraction of sp³-hybridized carbons (Fsp3) is 0.467. The summed E-state index contributed by atoms with van der Waals surface area (Å²) >= 11 is 11.0. The van der Waals surface area contributed by atoms with E-state index >= 15 is 0 Å². The summed E-state index contributed by atoms with van der Waals surface area (Å²) < 4.78 is 0. The quantitative estimate of drug-likeness (QED) is 0.830. The molecule has 0 spiro atoms. The Labute approximate surface area is 129 Å². The van der Waals surface area contributed by atoms with Crippen LogP contribution in [0.3, 0.4) is 0 Å². The number of thiocarbonyl (C=S) groups is 1. The summed E-state index contributed by atoms with van der Waals surface area (Å²) in [6.07, 6.45) is 6.66. The molecule has 0 unspecified atom stereocenters. The van der Waals surface area contributed by atoms with Gasteiger partial charge in [0.05, 0.1) is 10.7 Å². The first-order chi connectivity index (χ1) is 9.56. The highest BCUT2D eigenvalue weighted by molar-refractivity contribution is 7.80. The van der Waals surface area contributed by atoms with Gasteiger partial charge in [-0.1, -0.05) is 43.1 Å². The highest BCUT2D eigenvalue weighted by Gasteiger charge is 2.17. The molecule has 20 heavy (non-hydrogen) atoms. The summed E-state index contributed by atoms with van der Waals surface area (Å²) in [6.45, 7) is 0. The fourth-order valence-corrected chi connectivity index (χ4v) is 2.98. The molecule has 0 radical (unpaired) electrons. The van der Waals surface area contributed by atoms with E-state index < -0.39 is 0 Å². The van der Waals surface area contributed by atoms with Crippen molar-refractivity contribution in [3.8, 4) is 0 Å². The highest BCUT2D eigenvalue weighted by atomic mass is 35.5. The molecule has 1 aliphatic carbocycles. The Bertz CT molecular complexity index is 513. The van der Waals surface area contributed by atoms with Crippen molar-refractivity contribution >= 4 is 40.4 Å². The summed E-state index contributed by atoms with van der Waals surface area (Å²) in [5, 5.41) is 3.33. The predicted octanol–water partition coefficient (Wildman–Crippen LogP) is 3.88. The molecule has 0 heterocycles. The van der Waals surface area contributed by atoms with Crippen molar-refractivity contribution in [2.24, 2.45) is 11.7 Å². The van der Waals surface area contributed by atoms with Crippen molar-refractivity contribution in [3.05, 3.63) is 28.8 Å². The molecular weight excluding hydrogens is 292 g/mol. The van der Waals surface area contributed by atoms with Crippen molar-refractivity contribution in [1.29, 1.82) is 0 Å². The summed E-state index contributed by atoms with van der Waals surface area (Å²) in [5.41, 5.74) is 6.87. The van der Waals surface area contributed by atoms with E-state index in [1.165, 1.54) is 19.3 Å². The second kappa shape index (κ2) is 7.04. The predicted molar refractivity (Wildman–Crippen MR) is 87.2 cm³/mol. The number of hydrogen-bond acceptors (Lipinski definition) is 2. The van der Waals surface area contributed by atoms with Gasteiger partial charge >= 0.3 is 0 Å². The van der Waals surface area contributed by atoms with Crippen LogP contribution in [-0.2, 0) is 4.79 Å². The van der Waals surface area contributed by atoms with Gasteiger partial charge in [0, 0.05) is 12.0 Å². The van der Waals surface area contributed by atoms with E-state index in [1.807, 2.05) is 0 Å². The molecule has 0 aliphatic heterocycles. The van der Waals surface area contributed by atoms with Gasteiger partial charge in [0.25, 0.3) is 0 Å². The lowest BCUT2D eigenvalue weighted by Gasteiger charge is -2.21. The maximum absolute atomic E-state index is 12.0. The van der Waals surface area contributed by atoms with Gasteiger partial charge in [-0.3, -0.25) is 4.79 Å². The Hall–Kier alpha value is -1.13. The number of hydrogen-bond donors (Lipinski definition) is 2. The van der Waals surface area contributed by atoms with Crippen molar-refractivity contribution < 1.29 is 4.79 Å². The Morgan fingerprint density at radius 1 is 1.35 bits per heavy atom. The minimum atomic E-state index is 0.0295. The van der Waals surface area contributed by atoms with Crippen LogP contribution in [0.25, 0.3) is 0 Å². The molecule has 0 atom stereocenters. The van der Waals surface area contributed by atoms with E-state index in [9.17, 15) is 4.79 Å². The molecule has 5 heteroatoms. The standard InChI is InChI=1S/C15H19ClN2OS/c16-12-9-11(15(17)20)6-7-13(12)18-14(19)8-10-4-2-1-3-5-10/h6-7,9-10H,1-5,8H2,(H2,17,20)(H,18,19). The average molecular weight is 311 g/mol. The minimum Gasteiger partial charge on any atom is -0.389 e. The molecule has 0 saturated heterocycles. The smallest absolute Gasteiger partial charge is 0.224 e. The van der Waals surface area contributed by atoms with Crippen molar-refractivity contribution in [1.82, 2.24) is 0 Å². The zero-order valence-electron chi connectivity index (χ0n) is 11.3. The van der Waals surface area contributed by atoms with Crippen LogP contribution in [0, 0.1) is 5.92 Å². The Morgan fingerprint density at radius 3 is 2.65 bits per heavy atom. The fourth-order valence-electron chi connectivity index (χ4n) is 2.62. The third-order valence-electron chi connectivity index (χ3n) is 3.73. The van der Waals surface area contributed by atoms with Crippen LogP contribution in [0.2, 0.25) is 5.02 Å². The summed E-state index contributed by atoms with van der Waals surface area (Å²) in [7, 11) is 0. The topological polar surface area (TPSA) is 55.1 Å². The second-order valence-corrected chi connectivity index (χ2v) is 6.16. The number of nitrogens with two attached hydrogens (primary N) is 1. The number of benzene rings is 1. The number of carbonyl (C=O) groups excluding carboxylic acids is 1. The third kappa shape index (κ3) is 4.18. The van der Waals surface area contributed by atoms with E-state index in [-0.39, 0.29) is 5.91 Å². The van der Waals surface area contributed by atoms with Gasteiger partial charge in [-0.15, -0.1) is 0 Å². The molecular formula is C15H19ClN2OS. The van der Waals surface area contributed by atoms with Gasteiger partial charge in [0.2, 0.25) is 5.91 Å². The normalized spacial score (nSPS) is 15.8. The van der Waals surface area contributed by atoms with E-state index in [0.717, 1.165) is 12.8 Å². The average Bonchev–Trinajstić information content (AvgIpc) is 2.42. The summed E-state index contributed by atoms with van der Waals surface area (Å²) in [5.74, 6) is 0.542. The molecule has 1 fully saturated rings. The van der Waals surface area contributed by atoms with Crippen LogP contribution in [0.15, 0.2) is 18.2 Å². The molecule has 1 aliphatic rings. The van der Waals surface area contributed by atoms with Crippen LogP contribution < -0.4 is 11.1 Å². The first-order valence-electron chi connectivity index (χ1n) is 6.95. The van der Waals surface area contributed by atoms with Gasteiger partial charge < -0.3 is 11.1 Å². The Kier molecular flexibility index (Phi) is 5.38. The van der Waals surface area contributed by atoms with Crippen molar-refractivity contribution in [3.63, 3.8) is 0 Å². The lowest BCUT2D eigenvalue weighted by Crippen LogP contribution is -2.18. The zero-order valence-corrected chi connectivity index (χ0v) is 12.9. The minimum absolute atomic E-state index is 0.0295. The molecule has 1 aromatic rings. The molecule has 3 nitrogen and oxygen atoms in total. The van der Waals surface area contributed by atoms with Crippen LogP contribution in [-0.4, -0.2) is 10.9 Å². The van der Waals surface area contributed by atoms with Crippen LogP contribution >= 0.6 is 23.8 Å². The van der Waals surface area contributed by atoms with E-state index in [1.54, 1.807) is 18.2 Å². The maximum atomic E-state index is 12.0. The van der Waals surface area contributed by atoms with E-state index in [2.05, 4.69) is 5.32 Å². The van der Waals surface area contributed by atoms with Crippen molar-refractivity contribution in [2.75, 3.05) is 5.32 Å². The first-order valence-corrected chi connectivity index (χ1v) is 7.74. The molecule has 2 rings (SSSR count). The number of nitrogens with one attached hydrogen (secondary N) is 1. The Morgan fingerprint density at radius 2 is 2.05 bits per heavy atom. The molecule has 3 N–H and O–H groups in total. The molecule has 0 aromatic heterocycles. The van der Waals surface area contributed by atoms with Crippen LogP contribution in [0.4, 0.5) is 5.69 Å². The monoisotopic (exact) mass is 310 g/mol. The maximum Gasteiger partial charge on any atom is 0.224 e. The number of carbonyl (C=O) groups is 1. The van der Waals surface area contributed by atoms with Crippen LogP contribution in [0.5, 0.6) is 0 Å². The van der Waals surface area contributed by atoms with Gasteiger partial charge in [0.15, 0.2) is 0 Å². The first kappa shape index (κ1) is 15.3. The van der Waals surface area contributed by atoms with E-state index in [4.69, 9.17) is 29.6 Å². The van der Waals surface area contributed by atoms with Gasteiger partial charge in [0.1, 0.15) is 4.99 Å². The molecule has 1 saturated carbocycles. The SMILES string of the molecule is NC(=S)c1ccc(NC(=O)CC2CCCCC2)c(Cl)c1. The van der Waals surface area contributed by atoms with Gasteiger partial charge in [-0.05, 0) is 37.0 Å². The number of halogens is 1. The Balaban J connectivity index is 1.95. The number of rotatable bonds is 4. The van der Waals surface area contributed by atoms with Crippen LogP contribution in [0.1, 0.15) is 44.1 Å².